The number of aliphatic hydroxyl groups is 1. The van der Waals surface area contributed by atoms with E-state index in [0.29, 0.717) is 17.4 Å². The van der Waals surface area contributed by atoms with E-state index >= 15 is 0 Å². The van der Waals surface area contributed by atoms with Crippen molar-refractivity contribution in [2.45, 2.75) is 12.8 Å². The smallest absolute Gasteiger partial charge is 0.252 e. The van der Waals surface area contributed by atoms with E-state index in [9.17, 15) is 4.79 Å². The first-order valence-electron chi connectivity index (χ1n) is 11.0. The molecule has 4 rings (SSSR count). The Labute approximate surface area is 192 Å². The minimum atomic E-state index is -0.283. The molecule has 1 aliphatic heterocycles. The number of rotatable bonds is 8. The molecule has 3 aromatic rings. The number of nitrogens with zero attached hydrogens (tertiary/aromatic N) is 4. The van der Waals surface area contributed by atoms with Crippen LogP contribution < -0.4 is 15.5 Å². The molecule has 2 aromatic carbocycles. The fourth-order valence-electron chi connectivity index (χ4n) is 3.96. The minimum absolute atomic E-state index is 0.0230. The first-order valence-corrected chi connectivity index (χ1v) is 11.0. The number of nitrogens with one attached hydrogen (secondary N) is 2. The molecule has 1 fully saturated rings. The van der Waals surface area contributed by atoms with Gasteiger partial charge in [-0.2, -0.15) is 5.26 Å². The van der Waals surface area contributed by atoms with Gasteiger partial charge in [-0.3, -0.25) is 4.79 Å². The Kier molecular flexibility index (Phi) is 7.12. The number of aliphatic hydroxyl groups excluding tert-OH is 1. The monoisotopic (exact) mass is 442 g/mol. The van der Waals surface area contributed by atoms with Crippen LogP contribution in [0.4, 0.5) is 17.3 Å². The zero-order valence-electron chi connectivity index (χ0n) is 18.2. The fraction of sp³-hybridized carbons (Fsp3) is 0.280. The summed E-state index contributed by atoms with van der Waals surface area (Å²) in [7, 11) is 0. The quantitative estimate of drug-likeness (QED) is 0.458. The minimum Gasteiger partial charge on any atom is -0.396 e. The lowest BCUT2D eigenvalue weighted by Crippen LogP contribution is -2.23. The number of carbonyl (C=O) groups is 1. The van der Waals surface area contributed by atoms with Crippen LogP contribution in [0.2, 0.25) is 0 Å². The van der Waals surface area contributed by atoms with Gasteiger partial charge in [-0.05, 0) is 61.2 Å². The van der Waals surface area contributed by atoms with Crippen LogP contribution in [0.1, 0.15) is 23.2 Å². The summed E-state index contributed by atoms with van der Waals surface area (Å²) in [6, 6.07) is 19.0. The molecule has 0 saturated carbocycles. The van der Waals surface area contributed by atoms with Gasteiger partial charge < -0.3 is 20.6 Å². The molecule has 1 amide bonds. The van der Waals surface area contributed by atoms with Crippen molar-refractivity contribution in [3.63, 3.8) is 0 Å². The average molecular weight is 443 g/mol. The van der Waals surface area contributed by atoms with Crippen LogP contribution in [0.15, 0.2) is 60.8 Å². The van der Waals surface area contributed by atoms with Gasteiger partial charge in [0.25, 0.3) is 5.91 Å². The molecule has 1 unspecified atom stereocenters. The molecular formula is C25H26N6O2. The molecular weight excluding hydrogens is 416 g/mol. The van der Waals surface area contributed by atoms with E-state index in [1.165, 1.54) is 5.69 Å². The molecule has 1 atom stereocenters. The Morgan fingerprint density at radius 2 is 1.94 bits per heavy atom. The summed E-state index contributed by atoms with van der Waals surface area (Å²) in [5, 5.41) is 23.5. The zero-order valence-corrected chi connectivity index (χ0v) is 18.2. The summed E-state index contributed by atoms with van der Waals surface area (Å²) < 4.78 is 0. The largest absolute Gasteiger partial charge is 0.396 e. The third-order valence-electron chi connectivity index (χ3n) is 5.74. The molecule has 0 bridgehead atoms. The second-order valence-corrected chi connectivity index (χ2v) is 7.97. The fourth-order valence-corrected chi connectivity index (χ4v) is 3.96. The first kappa shape index (κ1) is 22.2. The Bertz CT molecular complexity index is 1120. The van der Waals surface area contributed by atoms with Gasteiger partial charge in [-0.25, -0.2) is 9.97 Å². The van der Waals surface area contributed by atoms with Gasteiger partial charge in [0.15, 0.2) is 0 Å². The van der Waals surface area contributed by atoms with Crippen molar-refractivity contribution in [3.8, 4) is 17.3 Å². The van der Waals surface area contributed by atoms with E-state index in [1.807, 2.05) is 36.4 Å². The number of amides is 1. The van der Waals surface area contributed by atoms with E-state index in [-0.39, 0.29) is 19.1 Å². The number of hydrogen-bond donors (Lipinski definition) is 3. The standard InChI is InChI=1S/C25H26N6O2/c26-12-14-27-24(33)20-3-1-19(2-4-20)23-9-13-28-25(30-23)29-21-5-7-22(8-6-21)31-15-10-18(17-31)11-16-32/h1-9,13,18,32H,10-11,14-17H2,(H,27,33)(H,28,29,30). The van der Waals surface area contributed by atoms with Crippen LogP contribution >= 0.6 is 0 Å². The highest BCUT2D eigenvalue weighted by Gasteiger charge is 2.22. The third kappa shape index (κ3) is 5.64. The highest BCUT2D eigenvalue weighted by atomic mass is 16.3. The molecule has 33 heavy (non-hydrogen) atoms. The maximum absolute atomic E-state index is 12.0. The topological polar surface area (TPSA) is 114 Å². The van der Waals surface area contributed by atoms with Crippen molar-refractivity contribution in [3.05, 3.63) is 66.4 Å². The molecule has 8 heteroatoms. The number of benzene rings is 2. The summed E-state index contributed by atoms with van der Waals surface area (Å²) in [4.78, 5) is 23.2. The van der Waals surface area contributed by atoms with E-state index in [1.54, 1.807) is 18.3 Å². The number of nitriles is 1. The maximum atomic E-state index is 12.0. The molecule has 0 aliphatic carbocycles. The van der Waals surface area contributed by atoms with Gasteiger partial charge in [0.2, 0.25) is 5.95 Å². The lowest BCUT2D eigenvalue weighted by atomic mass is 10.1. The van der Waals surface area contributed by atoms with Crippen LogP contribution in [-0.2, 0) is 0 Å². The van der Waals surface area contributed by atoms with Gasteiger partial charge in [-0.15, -0.1) is 0 Å². The van der Waals surface area contributed by atoms with E-state index < -0.39 is 0 Å². The number of anilines is 3. The van der Waals surface area contributed by atoms with Crippen molar-refractivity contribution < 1.29 is 9.90 Å². The van der Waals surface area contributed by atoms with Gasteiger partial charge in [0.1, 0.15) is 6.54 Å². The maximum Gasteiger partial charge on any atom is 0.252 e. The summed E-state index contributed by atoms with van der Waals surface area (Å²) in [5.74, 6) is 0.764. The molecule has 0 spiro atoms. The number of carbonyl (C=O) groups excluding carboxylic acids is 1. The molecule has 168 valence electrons. The highest BCUT2D eigenvalue weighted by Crippen LogP contribution is 2.27. The van der Waals surface area contributed by atoms with Crippen molar-refractivity contribution in [2.24, 2.45) is 5.92 Å². The second kappa shape index (κ2) is 10.6. The summed E-state index contributed by atoms with van der Waals surface area (Å²) >= 11 is 0. The molecule has 1 aliphatic rings. The van der Waals surface area contributed by atoms with Gasteiger partial charge >= 0.3 is 0 Å². The number of aromatic nitrogens is 2. The Hall–Kier alpha value is -3.96. The van der Waals surface area contributed by atoms with E-state index in [0.717, 1.165) is 42.9 Å². The predicted octanol–water partition coefficient (Wildman–Crippen LogP) is 3.35. The zero-order chi connectivity index (χ0) is 23.0. The van der Waals surface area contributed by atoms with Crippen molar-refractivity contribution in [2.75, 3.05) is 36.5 Å². The average Bonchev–Trinajstić information content (AvgIpc) is 3.32. The van der Waals surface area contributed by atoms with E-state index in [4.69, 9.17) is 10.4 Å². The molecule has 3 N–H and O–H groups in total. The lowest BCUT2D eigenvalue weighted by molar-refractivity contribution is 0.0958. The normalized spacial score (nSPS) is 15.2. The van der Waals surface area contributed by atoms with Gasteiger partial charge in [0, 0.05) is 48.4 Å². The number of hydrogen-bond acceptors (Lipinski definition) is 7. The van der Waals surface area contributed by atoms with Crippen molar-refractivity contribution in [1.82, 2.24) is 15.3 Å². The summed E-state index contributed by atoms with van der Waals surface area (Å²) in [6.45, 7) is 2.23. The van der Waals surface area contributed by atoms with Crippen LogP contribution in [0, 0.1) is 17.2 Å². The summed E-state index contributed by atoms with van der Waals surface area (Å²) in [6.07, 6.45) is 3.67. The lowest BCUT2D eigenvalue weighted by Gasteiger charge is -2.19. The van der Waals surface area contributed by atoms with E-state index in [2.05, 4.69) is 37.6 Å². The van der Waals surface area contributed by atoms with Crippen molar-refractivity contribution >= 4 is 23.2 Å². The molecule has 8 nitrogen and oxygen atoms in total. The molecule has 1 saturated heterocycles. The highest BCUT2D eigenvalue weighted by molar-refractivity contribution is 5.94. The third-order valence-corrected chi connectivity index (χ3v) is 5.74. The second-order valence-electron chi connectivity index (χ2n) is 7.97. The van der Waals surface area contributed by atoms with Gasteiger partial charge in [-0.1, -0.05) is 12.1 Å². The van der Waals surface area contributed by atoms with Gasteiger partial charge in [0.05, 0.1) is 11.8 Å². The SMILES string of the molecule is N#CCNC(=O)c1ccc(-c2ccnc(Nc3ccc(N4CCC(CCO)C4)cc3)n2)cc1. The Morgan fingerprint density at radius 3 is 2.67 bits per heavy atom. The molecule has 2 heterocycles. The summed E-state index contributed by atoms with van der Waals surface area (Å²) in [5.41, 5.74) is 4.16. The van der Waals surface area contributed by atoms with Crippen LogP contribution in [0.5, 0.6) is 0 Å². The van der Waals surface area contributed by atoms with Crippen LogP contribution in [0.3, 0.4) is 0 Å². The van der Waals surface area contributed by atoms with Crippen LogP contribution in [-0.4, -0.2) is 47.2 Å². The van der Waals surface area contributed by atoms with Crippen LogP contribution in [0.25, 0.3) is 11.3 Å². The Morgan fingerprint density at radius 1 is 1.15 bits per heavy atom. The van der Waals surface area contributed by atoms with Crippen molar-refractivity contribution in [1.29, 1.82) is 5.26 Å². The first-order chi connectivity index (χ1) is 16.2. The molecule has 0 radical (unpaired) electrons. The Balaban J connectivity index is 1.40. The predicted molar refractivity (Wildman–Crippen MR) is 127 cm³/mol. The molecule has 1 aromatic heterocycles.